The molecule has 0 fully saturated rings. The van der Waals surface area contributed by atoms with Crippen molar-refractivity contribution in [2.75, 3.05) is 4.90 Å². The van der Waals surface area contributed by atoms with E-state index in [9.17, 15) is 9.18 Å². The maximum absolute atomic E-state index is 13.8. The molecule has 0 unspecified atom stereocenters. The number of ether oxygens (including phenoxy) is 1. The summed E-state index contributed by atoms with van der Waals surface area (Å²) in [6.07, 6.45) is 1.11. The summed E-state index contributed by atoms with van der Waals surface area (Å²) in [5.74, 6) is -1.43. The number of carbonyl (C=O) groups is 1. The first-order chi connectivity index (χ1) is 10.9. The van der Waals surface area contributed by atoms with E-state index >= 15 is 0 Å². The maximum atomic E-state index is 13.8. The van der Waals surface area contributed by atoms with Gasteiger partial charge >= 0.3 is 0 Å². The third kappa shape index (κ3) is 2.89. The van der Waals surface area contributed by atoms with Crippen LogP contribution < -0.4 is 9.64 Å². The van der Waals surface area contributed by atoms with Gasteiger partial charge in [0.25, 0.3) is 5.91 Å². The van der Waals surface area contributed by atoms with E-state index in [0.717, 1.165) is 17.3 Å². The molecule has 0 saturated heterocycles. The van der Waals surface area contributed by atoms with Crippen molar-refractivity contribution in [1.82, 2.24) is 9.97 Å². The van der Waals surface area contributed by atoms with Crippen molar-refractivity contribution in [1.29, 1.82) is 0 Å². The molecule has 0 spiro atoms. The molecule has 0 saturated carbocycles. The molecule has 1 aromatic heterocycles. The second kappa shape index (κ2) is 6.24. The lowest BCUT2D eigenvalue weighted by Gasteiger charge is -2.20. The van der Waals surface area contributed by atoms with E-state index in [1.165, 1.54) is 12.1 Å². The fraction of sp³-hybridized carbons (Fsp3) is 0. The molecule has 5 nitrogen and oxygen atoms in total. The highest BCUT2D eigenvalue weighted by molar-refractivity contribution is 9.10. The monoisotopic (exact) mass is 437 g/mol. The Bertz CT molecular complexity index is 862. The maximum Gasteiger partial charge on any atom is 0.272 e. The van der Waals surface area contributed by atoms with Crippen LogP contribution in [-0.2, 0) is 0 Å². The van der Waals surface area contributed by atoms with Gasteiger partial charge in [0.05, 0.1) is 10.2 Å². The quantitative estimate of drug-likeness (QED) is 0.479. The molecule has 0 radical (unpaired) electrons. The first-order valence-electron chi connectivity index (χ1n) is 5.93. The highest BCUT2D eigenvalue weighted by atomic mass is 79.9. The van der Waals surface area contributed by atoms with Crippen molar-refractivity contribution in [2.45, 2.75) is 0 Å². The van der Waals surface area contributed by atoms with Crippen LogP contribution >= 0.6 is 50.7 Å². The molecule has 2 heterocycles. The van der Waals surface area contributed by atoms with Gasteiger partial charge in [-0.2, -0.15) is 0 Å². The molecule has 10 heteroatoms. The zero-order valence-corrected chi connectivity index (χ0v) is 14.7. The summed E-state index contributed by atoms with van der Waals surface area (Å²) in [7, 11) is 0. The van der Waals surface area contributed by atoms with Crippen LogP contribution in [-0.4, -0.2) is 15.9 Å². The number of carbonyl (C=O) groups excluding carboxylic acids is 1. The molecule has 0 N–H and O–H groups in total. The largest absolute Gasteiger partial charge is 0.423 e. The van der Waals surface area contributed by atoms with E-state index < -0.39 is 11.7 Å². The summed E-state index contributed by atoms with van der Waals surface area (Å²) >= 11 is 21.0. The van der Waals surface area contributed by atoms with E-state index in [1.807, 2.05) is 0 Å². The molecule has 1 aromatic carbocycles. The summed E-state index contributed by atoms with van der Waals surface area (Å²) in [6, 6.07) is 4.00. The van der Waals surface area contributed by atoms with E-state index in [2.05, 4.69) is 25.9 Å². The Hall–Kier alpha value is -1.41. The van der Waals surface area contributed by atoms with Crippen molar-refractivity contribution >= 4 is 62.3 Å². The van der Waals surface area contributed by atoms with Gasteiger partial charge in [0.2, 0.25) is 11.1 Å². The van der Waals surface area contributed by atoms with E-state index in [4.69, 9.17) is 39.5 Å². The second-order valence-corrected chi connectivity index (χ2v) is 6.16. The van der Waals surface area contributed by atoms with Crippen LogP contribution in [0.15, 0.2) is 39.4 Å². The zero-order valence-electron chi connectivity index (χ0n) is 10.9. The normalized spacial score (nSPS) is 14.5. The Morgan fingerprint density at radius 3 is 2.65 bits per heavy atom. The Balaban J connectivity index is 2.22. The van der Waals surface area contributed by atoms with Crippen molar-refractivity contribution in [3.05, 3.63) is 55.9 Å². The fourth-order valence-corrected chi connectivity index (χ4v) is 2.70. The molecule has 1 aliphatic heterocycles. The molecular weight excluding hydrogens is 435 g/mol. The highest BCUT2D eigenvalue weighted by Crippen LogP contribution is 2.37. The number of hydrogen-bond donors (Lipinski definition) is 0. The molecule has 3 rings (SSSR count). The first-order valence-corrected chi connectivity index (χ1v) is 7.86. The number of fused-ring (bicyclic) bond motifs is 1. The average Bonchev–Trinajstić information content (AvgIpc) is 2.59. The topological polar surface area (TPSA) is 55.3 Å². The Morgan fingerprint density at radius 2 is 1.96 bits per heavy atom. The molecule has 118 valence electrons. The average molecular weight is 439 g/mol. The summed E-state index contributed by atoms with van der Waals surface area (Å²) in [4.78, 5) is 21.3. The minimum atomic E-state index is -0.701. The molecule has 0 atom stereocenters. The number of aromatic nitrogens is 2. The van der Waals surface area contributed by atoms with Gasteiger partial charge in [-0.1, -0.05) is 23.2 Å². The van der Waals surface area contributed by atoms with Gasteiger partial charge in [-0.25, -0.2) is 14.4 Å². The first kappa shape index (κ1) is 16.4. The number of nitrogens with zero attached hydrogens (tertiary/aromatic N) is 3. The lowest BCUT2D eigenvalue weighted by molar-refractivity contribution is 0.0996. The van der Waals surface area contributed by atoms with Gasteiger partial charge in [0.1, 0.15) is 22.9 Å². The van der Waals surface area contributed by atoms with E-state index in [1.54, 1.807) is 0 Å². The molecule has 0 aliphatic carbocycles. The highest BCUT2D eigenvalue weighted by Gasteiger charge is 2.33. The van der Waals surface area contributed by atoms with E-state index in [-0.39, 0.29) is 37.1 Å². The standard InChI is InChI=1S/C13H4BrCl3FN3O2/c14-6-2-1-5(3-7(6)18)21-10(16)11(17)23-12-8(13(21)22)9(15)19-4-20-12/h1-4H. The fourth-order valence-electron chi connectivity index (χ4n) is 1.88. The summed E-state index contributed by atoms with van der Waals surface area (Å²) in [5.41, 5.74) is 0.00140. The van der Waals surface area contributed by atoms with Crippen LogP contribution in [0.3, 0.4) is 0 Å². The number of amides is 1. The SMILES string of the molecule is O=C1c2c(Cl)ncnc2OC(Cl)=C(Cl)N1c1ccc(Br)c(F)c1. The van der Waals surface area contributed by atoms with Gasteiger partial charge in [-0.05, 0) is 45.7 Å². The molecular formula is C13H4BrCl3FN3O2. The lowest BCUT2D eigenvalue weighted by Crippen LogP contribution is -2.28. The van der Waals surface area contributed by atoms with Crippen LogP contribution in [0, 0.1) is 5.82 Å². The van der Waals surface area contributed by atoms with Gasteiger partial charge in [-0.15, -0.1) is 0 Å². The lowest BCUT2D eigenvalue weighted by atomic mass is 10.2. The van der Waals surface area contributed by atoms with Gasteiger partial charge in [0.15, 0.2) is 5.16 Å². The van der Waals surface area contributed by atoms with Crippen molar-refractivity contribution in [2.24, 2.45) is 0 Å². The number of hydrogen-bond acceptors (Lipinski definition) is 4. The Morgan fingerprint density at radius 1 is 1.22 bits per heavy atom. The van der Waals surface area contributed by atoms with Gasteiger partial charge < -0.3 is 4.74 Å². The number of anilines is 1. The van der Waals surface area contributed by atoms with Crippen LogP contribution in [0.1, 0.15) is 10.4 Å². The summed E-state index contributed by atoms with van der Waals surface area (Å²) < 4.78 is 19.3. The zero-order chi connectivity index (χ0) is 16.7. The predicted molar refractivity (Wildman–Crippen MR) is 87.3 cm³/mol. The predicted octanol–water partition coefficient (Wildman–Crippen LogP) is 4.68. The third-order valence-electron chi connectivity index (χ3n) is 2.89. The minimum absolute atomic E-state index is 0.133. The molecule has 1 amide bonds. The van der Waals surface area contributed by atoms with Crippen LogP contribution in [0.4, 0.5) is 10.1 Å². The molecule has 1 aliphatic rings. The molecule has 2 aromatic rings. The Kier molecular flexibility index (Phi) is 4.46. The van der Waals surface area contributed by atoms with Crippen LogP contribution in [0.25, 0.3) is 0 Å². The van der Waals surface area contributed by atoms with Crippen molar-refractivity contribution in [3.63, 3.8) is 0 Å². The molecule has 0 bridgehead atoms. The van der Waals surface area contributed by atoms with Crippen molar-refractivity contribution < 1.29 is 13.9 Å². The minimum Gasteiger partial charge on any atom is -0.423 e. The number of halogens is 5. The van der Waals surface area contributed by atoms with Crippen LogP contribution in [0.5, 0.6) is 5.88 Å². The number of benzene rings is 1. The second-order valence-electron chi connectivity index (χ2n) is 4.25. The molecule has 23 heavy (non-hydrogen) atoms. The Labute approximate surface area is 152 Å². The van der Waals surface area contributed by atoms with Crippen molar-refractivity contribution in [3.8, 4) is 5.88 Å². The smallest absolute Gasteiger partial charge is 0.272 e. The third-order valence-corrected chi connectivity index (χ3v) is 4.51. The van der Waals surface area contributed by atoms with E-state index in [0.29, 0.717) is 0 Å². The summed E-state index contributed by atoms with van der Waals surface area (Å²) in [6.45, 7) is 0. The number of rotatable bonds is 1. The summed E-state index contributed by atoms with van der Waals surface area (Å²) in [5, 5.41) is -0.706. The van der Waals surface area contributed by atoms with Gasteiger partial charge in [0, 0.05) is 0 Å². The van der Waals surface area contributed by atoms with Gasteiger partial charge in [-0.3, -0.25) is 9.69 Å². The van der Waals surface area contributed by atoms with Crippen LogP contribution in [0.2, 0.25) is 5.15 Å².